The van der Waals surface area contributed by atoms with Gasteiger partial charge in [-0.3, -0.25) is 4.79 Å². The van der Waals surface area contributed by atoms with E-state index < -0.39 is 5.82 Å². The molecule has 0 amide bonds. The summed E-state index contributed by atoms with van der Waals surface area (Å²) in [5, 5.41) is 0.0707. The van der Waals surface area contributed by atoms with Crippen molar-refractivity contribution in [2.45, 2.75) is 6.92 Å². The average molecular weight is 238 g/mol. The lowest BCUT2D eigenvalue weighted by molar-refractivity contribution is 0.628. The van der Waals surface area contributed by atoms with E-state index in [1.807, 2.05) is 0 Å². The highest BCUT2D eigenvalue weighted by molar-refractivity contribution is 6.31. The number of halogens is 2. The molecule has 2 aromatic rings. The van der Waals surface area contributed by atoms with Gasteiger partial charge in [0.1, 0.15) is 5.82 Å². The molecule has 0 radical (unpaired) electrons. The predicted molar refractivity (Wildman–Crippen MR) is 62.2 cm³/mol. The van der Waals surface area contributed by atoms with Crippen LogP contribution in [-0.2, 0) is 0 Å². The fourth-order valence-electron chi connectivity index (χ4n) is 1.44. The van der Waals surface area contributed by atoms with Gasteiger partial charge in [0, 0.05) is 11.8 Å². The Hall–Kier alpha value is -1.61. The molecule has 0 aliphatic carbocycles. The van der Waals surface area contributed by atoms with Crippen LogP contribution in [0.4, 0.5) is 4.39 Å². The largest absolute Gasteiger partial charge is 0.328 e. The Kier molecular flexibility index (Phi) is 2.79. The highest BCUT2D eigenvalue weighted by Crippen LogP contribution is 2.24. The Bertz CT molecular complexity index is 592. The molecule has 0 saturated carbocycles. The molecule has 0 fully saturated rings. The number of benzene rings is 1. The second kappa shape index (κ2) is 4.10. The van der Waals surface area contributed by atoms with Gasteiger partial charge in [0.2, 0.25) is 0 Å². The van der Waals surface area contributed by atoms with Gasteiger partial charge in [0.05, 0.1) is 5.02 Å². The summed E-state index contributed by atoms with van der Waals surface area (Å²) in [5.74, 6) is -0.452. The number of hydrogen-bond acceptors (Lipinski definition) is 1. The smallest absolute Gasteiger partial charge is 0.250 e. The number of hydrogen-bond donors (Lipinski definition) is 1. The van der Waals surface area contributed by atoms with Crippen molar-refractivity contribution in [1.82, 2.24) is 4.98 Å². The molecule has 82 valence electrons. The lowest BCUT2D eigenvalue weighted by Crippen LogP contribution is -2.07. The van der Waals surface area contributed by atoms with Crippen molar-refractivity contribution in [3.05, 3.63) is 57.2 Å². The molecule has 4 heteroatoms. The molecule has 1 heterocycles. The molecular weight excluding hydrogens is 229 g/mol. The predicted octanol–water partition coefficient (Wildman–Crippen LogP) is 3.14. The Morgan fingerprint density at radius 2 is 2.00 bits per heavy atom. The first-order chi connectivity index (χ1) is 7.58. The van der Waals surface area contributed by atoms with E-state index in [1.165, 1.54) is 12.1 Å². The summed E-state index contributed by atoms with van der Waals surface area (Å²) in [6.45, 7) is 1.72. The van der Waals surface area contributed by atoms with Gasteiger partial charge in [-0.2, -0.15) is 0 Å². The Labute approximate surface area is 96.7 Å². The standard InChI is InChI=1S/C12H9ClFNO/c1-7-4-9(6-15-12(7)16)8-2-3-11(14)10(13)5-8/h2-6H,1H3,(H,15,16). The van der Waals surface area contributed by atoms with Gasteiger partial charge in [-0.05, 0) is 36.2 Å². The number of aromatic nitrogens is 1. The molecule has 0 spiro atoms. The van der Waals surface area contributed by atoms with Crippen molar-refractivity contribution in [1.29, 1.82) is 0 Å². The normalized spacial score (nSPS) is 10.4. The topological polar surface area (TPSA) is 32.9 Å². The minimum absolute atomic E-state index is 0.0707. The van der Waals surface area contributed by atoms with Crippen molar-refractivity contribution < 1.29 is 4.39 Å². The van der Waals surface area contributed by atoms with E-state index in [2.05, 4.69) is 4.98 Å². The summed E-state index contributed by atoms with van der Waals surface area (Å²) < 4.78 is 13.0. The molecule has 2 rings (SSSR count). The fraction of sp³-hybridized carbons (Fsp3) is 0.0833. The van der Waals surface area contributed by atoms with Crippen LogP contribution in [0, 0.1) is 12.7 Å². The summed E-state index contributed by atoms with van der Waals surface area (Å²) in [6, 6.07) is 6.19. The highest BCUT2D eigenvalue weighted by Gasteiger charge is 2.04. The van der Waals surface area contributed by atoms with Crippen LogP contribution in [0.2, 0.25) is 5.02 Å². The van der Waals surface area contributed by atoms with Crippen LogP contribution >= 0.6 is 11.6 Å². The van der Waals surface area contributed by atoms with Crippen LogP contribution in [0.25, 0.3) is 11.1 Å². The van der Waals surface area contributed by atoms with E-state index in [1.54, 1.807) is 25.3 Å². The van der Waals surface area contributed by atoms with Crippen LogP contribution in [0.1, 0.15) is 5.56 Å². The first kappa shape index (κ1) is 10.9. The maximum absolute atomic E-state index is 13.0. The Morgan fingerprint density at radius 3 is 2.62 bits per heavy atom. The second-order valence-electron chi connectivity index (χ2n) is 3.53. The van der Waals surface area contributed by atoms with Crippen LogP contribution in [0.5, 0.6) is 0 Å². The summed E-state index contributed by atoms with van der Waals surface area (Å²) in [6.07, 6.45) is 1.58. The van der Waals surface area contributed by atoms with Crippen molar-refractivity contribution in [3.8, 4) is 11.1 Å². The molecule has 1 N–H and O–H groups in total. The first-order valence-electron chi connectivity index (χ1n) is 4.72. The monoisotopic (exact) mass is 237 g/mol. The molecule has 0 aliphatic rings. The summed E-state index contributed by atoms with van der Waals surface area (Å²) in [4.78, 5) is 13.8. The summed E-state index contributed by atoms with van der Waals surface area (Å²) >= 11 is 5.69. The maximum Gasteiger partial charge on any atom is 0.250 e. The van der Waals surface area contributed by atoms with E-state index in [0.717, 1.165) is 11.1 Å². The van der Waals surface area contributed by atoms with Crippen molar-refractivity contribution in [2.75, 3.05) is 0 Å². The first-order valence-corrected chi connectivity index (χ1v) is 5.10. The van der Waals surface area contributed by atoms with Crippen molar-refractivity contribution >= 4 is 11.6 Å². The third-order valence-corrected chi connectivity index (χ3v) is 2.63. The third kappa shape index (κ3) is 1.99. The van der Waals surface area contributed by atoms with E-state index in [9.17, 15) is 9.18 Å². The lowest BCUT2D eigenvalue weighted by atomic mass is 10.1. The third-order valence-electron chi connectivity index (χ3n) is 2.34. The molecule has 1 aromatic heterocycles. The number of nitrogens with one attached hydrogen (secondary N) is 1. The Balaban J connectivity index is 2.54. The van der Waals surface area contributed by atoms with Crippen molar-refractivity contribution in [2.24, 2.45) is 0 Å². The molecule has 0 saturated heterocycles. The SMILES string of the molecule is Cc1cc(-c2ccc(F)c(Cl)c2)c[nH]c1=O. The minimum atomic E-state index is -0.452. The minimum Gasteiger partial charge on any atom is -0.328 e. The van der Waals surface area contributed by atoms with Gasteiger partial charge < -0.3 is 4.98 Å². The summed E-state index contributed by atoms with van der Waals surface area (Å²) in [5.41, 5.74) is 2.06. The Morgan fingerprint density at radius 1 is 1.25 bits per heavy atom. The zero-order valence-corrected chi connectivity index (χ0v) is 9.31. The van der Waals surface area contributed by atoms with Crippen LogP contribution in [0.15, 0.2) is 35.3 Å². The number of aryl methyl sites for hydroxylation is 1. The molecule has 0 bridgehead atoms. The van der Waals surface area contributed by atoms with Gasteiger partial charge in [0.15, 0.2) is 0 Å². The fourth-order valence-corrected chi connectivity index (χ4v) is 1.62. The van der Waals surface area contributed by atoms with Crippen LogP contribution < -0.4 is 5.56 Å². The molecule has 0 unspecified atom stereocenters. The van der Waals surface area contributed by atoms with E-state index in [0.29, 0.717) is 5.56 Å². The average Bonchev–Trinajstić information content (AvgIpc) is 2.26. The molecule has 0 atom stereocenters. The van der Waals surface area contributed by atoms with Gasteiger partial charge in [-0.1, -0.05) is 17.7 Å². The summed E-state index contributed by atoms with van der Waals surface area (Å²) in [7, 11) is 0. The quantitative estimate of drug-likeness (QED) is 0.812. The van der Waals surface area contributed by atoms with E-state index >= 15 is 0 Å². The molecule has 1 aromatic carbocycles. The van der Waals surface area contributed by atoms with Gasteiger partial charge >= 0.3 is 0 Å². The van der Waals surface area contributed by atoms with E-state index in [4.69, 9.17) is 11.6 Å². The number of pyridine rings is 1. The van der Waals surface area contributed by atoms with Gasteiger partial charge in [-0.15, -0.1) is 0 Å². The molecular formula is C12H9ClFNO. The highest BCUT2D eigenvalue weighted by atomic mass is 35.5. The van der Waals surface area contributed by atoms with Crippen molar-refractivity contribution in [3.63, 3.8) is 0 Å². The second-order valence-corrected chi connectivity index (χ2v) is 3.94. The molecule has 0 aliphatic heterocycles. The number of rotatable bonds is 1. The number of aromatic amines is 1. The molecule has 2 nitrogen and oxygen atoms in total. The maximum atomic E-state index is 13.0. The lowest BCUT2D eigenvalue weighted by Gasteiger charge is -2.03. The zero-order chi connectivity index (χ0) is 11.7. The van der Waals surface area contributed by atoms with E-state index in [-0.39, 0.29) is 10.6 Å². The van der Waals surface area contributed by atoms with Crippen LogP contribution in [-0.4, -0.2) is 4.98 Å². The number of H-pyrrole nitrogens is 1. The zero-order valence-electron chi connectivity index (χ0n) is 8.55. The van der Waals surface area contributed by atoms with Gasteiger partial charge in [0.25, 0.3) is 5.56 Å². The van der Waals surface area contributed by atoms with Gasteiger partial charge in [-0.25, -0.2) is 4.39 Å². The van der Waals surface area contributed by atoms with Crippen LogP contribution in [0.3, 0.4) is 0 Å². The molecule has 16 heavy (non-hydrogen) atoms.